The Morgan fingerprint density at radius 3 is 2.00 bits per heavy atom. The summed E-state index contributed by atoms with van der Waals surface area (Å²) < 4.78 is 37.3. The van der Waals surface area contributed by atoms with Crippen molar-refractivity contribution in [2.75, 3.05) is 0 Å². The maximum atomic E-state index is 12.4. The van der Waals surface area contributed by atoms with E-state index in [9.17, 15) is 13.2 Å². The summed E-state index contributed by atoms with van der Waals surface area (Å²) in [5.74, 6) is 0. The second-order valence-corrected chi connectivity index (χ2v) is 4.49. The van der Waals surface area contributed by atoms with E-state index in [1.54, 1.807) is 6.92 Å². The molecule has 0 unspecified atom stereocenters. The first-order chi connectivity index (χ1) is 8.75. The minimum atomic E-state index is -4.29. The zero-order valence-corrected chi connectivity index (χ0v) is 11.6. The van der Waals surface area contributed by atoms with Crippen LogP contribution in [0.15, 0.2) is 40.5 Å². The van der Waals surface area contributed by atoms with E-state index in [0.717, 1.165) is 30.0 Å². The number of hydrogen-bond donors (Lipinski definition) is 0. The minimum absolute atomic E-state index is 0.638. The van der Waals surface area contributed by atoms with E-state index in [1.165, 1.54) is 17.7 Å². The molecule has 1 aromatic carbocycles. The van der Waals surface area contributed by atoms with Crippen LogP contribution in [-0.4, -0.2) is 5.71 Å². The molecule has 0 heterocycles. The first-order valence-electron chi connectivity index (χ1n) is 6.15. The van der Waals surface area contributed by atoms with Crippen LogP contribution in [0.25, 0.3) is 0 Å². The Balaban J connectivity index is 3.02. The van der Waals surface area contributed by atoms with Gasteiger partial charge in [0.05, 0.1) is 5.56 Å². The average Bonchev–Trinajstić information content (AvgIpc) is 2.36. The molecule has 4 heteroatoms. The molecule has 0 aromatic heterocycles. The van der Waals surface area contributed by atoms with Crippen molar-refractivity contribution in [3.63, 3.8) is 0 Å². The first kappa shape index (κ1) is 15.5. The lowest BCUT2D eigenvalue weighted by Crippen LogP contribution is -2.05. The molecular weight excluding hydrogens is 251 g/mol. The summed E-state index contributed by atoms with van der Waals surface area (Å²) >= 11 is 0. The Kier molecular flexibility index (Phi) is 4.92. The van der Waals surface area contributed by atoms with Gasteiger partial charge in [0.25, 0.3) is 0 Å². The Morgan fingerprint density at radius 2 is 1.58 bits per heavy atom. The zero-order chi connectivity index (χ0) is 14.6. The van der Waals surface area contributed by atoms with Gasteiger partial charge in [0.15, 0.2) is 0 Å². The molecule has 0 saturated carbocycles. The lowest BCUT2D eigenvalue weighted by atomic mass is 10.1. The normalized spacial score (nSPS) is 14.4. The average molecular weight is 269 g/mol. The van der Waals surface area contributed by atoms with E-state index in [2.05, 4.69) is 4.99 Å². The van der Waals surface area contributed by atoms with Crippen molar-refractivity contribution in [2.24, 2.45) is 4.99 Å². The number of hydrogen-bond acceptors (Lipinski definition) is 1. The molecule has 0 N–H and O–H groups in total. The molecule has 0 bridgehead atoms. The molecule has 1 rings (SSSR count). The number of aliphatic imine (C=N–C) groups is 1. The van der Waals surface area contributed by atoms with E-state index < -0.39 is 11.7 Å². The second-order valence-electron chi connectivity index (χ2n) is 4.49. The fourth-order valence-electron chi connectivity index (χ4n) is 1.57. The number of allylic oxidation sites excluding steroid dienone is 2. The van der Waals surface area contributed by atoms with E-state index >= 15 is 0 Å². The highest BCUT2D eigenvalue weighted by Crippen LogP contribution is 2.29. The minimum Gasteiger partial charge on any atom is -0.258 e. The monoisotopic (exact) mass is 269 g/mol. The van der Waals surface area contributed by atoms with Crippen LogP contribution < -0.4 is 0 Å². The smallest absolute Gasteiger partial charge is 0.258 e. The molecule has 104 valence electrons. The molecule has 0 atom stereocenters. The quantitative estimate of drug-likeness (QED) is 0.667. The molecule has 0 radical (unpaired) electrons. The second kappa shape index (κ2) is 6.04. The molecular formula is C15H18F3N. The fourth-order valence-corrected chi connectivity index (χ4v) is 1.57. The number of halogens is 3. The first-order valence-corrected chi connectivity index (χ1v) is 6.15. The Bertz CT molecular complexity index is 493. The SMILES string of the molecule is CC/C(C)=C(\C)N=C(C)c1ccc(C(F)(F)F)cc1. The van der Waals surface area contributed by atoms with Gasteiger partial charge in [-0.3, -0.25) is 4.99 Å². The lowest BCUT2D eigenvalue weighted by Gasteiger charge is -2.08. The largest absolute Gasteiger partial charge is 0.416 e. The molecule has 0 aliphatic carbocycles. The third-order valence-electron chi connectivity index (χ3n) is 3.11. The van der Waals surface area contributed by atoms with Crippen LogP contribution in [0, 0.1) is 0 Å². The van der Waals surface area contributed by atoms with Gasteiger partial charge in [-0.2, -0.15) is 13.2 Å². The number of nitrogens with zero attached hydrogens (tertiary/aromatic N) is 1. The number of alkyl halides is 3. The van der Waals surface area contributed by atoms with Crippen molar-refractivity contribution in [3.8, 4) is 0 Å². The highest BCUT2D eigenvalue weighted by atomic mass is 19.4. The van der Waals surface area contributed by atoms with Crippen molar-refractivity contribution in [2.45, 2.75) is 40.3 Å². The van der Waals surface area contributed by atoms with E-state index in [-0.39, 0.29) is 0 Å². The Hall–Kier alpha value is -1.58. The summed E-state index contributed by atoms with van der Waals surface area (Å²) in [6, 6.07) is 5.08. The molecule has 1 nitrogen and oxygen atoms in total. The van der Waals surface area contributed by atoms with Crippen LogP contribution in [-0.2, 0) is 6.18 Å². The molecule has 0 fully saturated rings. The van der Waals surface area contributed by atoms with E-state index in [0.29, 0.717) is 5.56 Å². The van der Waals surface area contributed by atoms with E-state index in [1.807, 2.05) is 20.8 Å². The fraction of sp³-hybridized carbons (Fsp3) is 0.400. The molecule has 0 aliphatic rings. The summed E-state index contributed by atoms with van der Waals surface area (Å²) in [5, 5.41) is 0. The predicted octanol–water partition coefficient (Wildman–Crippen LogP) is 5.22. The van der Waals surface area contributed by atoms with Gasteiger partial charge < -0.3 is 0 Å². The van der Waals surface area contributed by atoms with Gasteiger partial charge in [-0.25, -0.2) is 0 Å². The van der Waals surface area contributed by atoms with Gasteiger partial charge in [-0.15, -0.1) is 0 Å². The summed E-state index contributed by atoms with van der Waals surface area (Å²) in [6.07, 6.45) is -3.38. The van der Waals surface area contributed by atoms with Crippen LogP contribution in [0.3, 0.4) is 0 Å². The van der Waals surface area contributed by atoms with Gasteiger partial charge >= 0.3 is 6.18 Å². The van der Waals surface area contributed by atoms with Gasteiger partial charge in [0, 0.05) is 11.4 Å². The molecule has 0 aliphatic heterocycles. The topological polar surface area (TPSA) is 12.4 Å². The van der Waals surface area contributed by atoms with Gasteiger partial charge in [0.1, 0.15) is 0 Å². The Labute approximate surface area is 111 Å². The maximum absolute atomic E-state index is 12.4. The van der Waals surface area contributed by atoms with Gasteiger partial charge in [-0.1, -0.05) is 24.6 Å². The highest BCUT2D eigenvalue weighted by Gasteiger charge is 2.29. The van der Waals surface area contributed by atoms with Crippen LogP contribution in [0.2, 0.25) is 0 Å². The molecule has 0 amide bonds. The van der Waals surface area contributed by atoms with Crippen molar-refractivity contribution in [1.29, 1.82) is 0 Å². The van der Waals surface area contributed by atoms with Crippen LogP contribution >= 0.6 is 0 Å². The van der Waals surface area contributed by atoms with Crippen molar-refractivity contribution >= 4 is 5.71 Å². The molecule has 0 saturated heterocycles. The number of rotatable bonds is 3. The van der Waals surface area contributed by atoms with Crippen molar-refractivity contribution in [3.05, 3.63) is 46.7 Å². The third kappa shape index (κ3) is 4.23. The summed E-state index contributed by atoms with van der Waals surface area (Å²) in [6.45, 7) is 7.75. The molecule has 0 spiro atoms. The predicted molar refractivity (Wildman–Crippen MR) is 72.3 cm³/mol. The summed E-state index contributed by atoms with van der Waals surface area (Å²) in [5.41, 5.74) is 2.88. The van der Waals surface area contributed by atoms with Crippen LogP contribution in [0.5, 0.6) is 0 Å². The van der Waals surface area contributed by atoms with Crippen molar-refractivity contribution in [1.82, 2.24) is 0 Å². The standard InChI is InChI=1S/C15H18F3N/c1-5-10(2)11(3)19-12(4)13-6-8-14(9-7-13)15(16,17)18/h6-9H,5H2,1-4H3/b11-10+,19-12?. The summed E-state index contributed by atoms with van der Waals surface area (Å²) in [4.78, 5) is 4.42. The lowest BCUT2D eigenvalue weighted by molar-refractivity contribution is -0.137. The van der Waals surface area contributed by atoms with Crippen LogP contribution in [0.4, 0.5) is 13.2 Å². The molecule has 19 heavy (non-hydrogen) atoms. The zero-order valence-electron chi connectivity index (χ0n) is 11.6. The van der Waals surface area contributed by atoms with Gasteiger partial charge in [0.2, 0.25) is 0 Å². The highest BCUT2D eigenvalue weighted by molar-refractivity contribution is 5.99. The number of benzene rings is 1. The third-order valence-corrected chi connectivity index (χ3v) is 3.11. The molecule has 1 aromatic rings. The van der Waals surface area contributed by atoms with Gasteiger partial charge in [-0.05, 0) is 44.9 Å². The van der Waals surface area contributed by atoms with Crippen LogP contribution in [0.1, 0.15) is 45.2 Å². The van der Waals surface area contributed by atoms with Crippen molar-refractivity contribution < 1.29 is 13.2 Å². The Morgan fingerprint density at radius 1 is 1.05 bits per heavy atom. The maximum Gasteiger partial charge on any atom is 0.416 e. The van der Waals surface area contributed by atoms with E-state index in [4.69, 9.17) is 0 Å². The summed E-state index contributed by atoms with van der Waals surface area (Å²) in [7, 11) is 0.